The van der Waals surface area contributed by atoms with Crippen molar-refractivity contribution in [2.45, 2.75) is 33.2 Å². The van der Waals surface area contributed by atoms with Gasteiger partial charge in [-0.1, -0.05) is 6.92 Å². The number of ether oxygens (including phenoxy) is 1. The van der Waals surface area contributed by atoms with Gasteiger partial charge in [-0.15, -0.1) is 0 Å². The summed E-state index contributed by atoms with van der Waals surface area (Å²) in [5.74, 6) is -0.131. The molecule has 0 saturated carbocycles. The zero-order chi connectivity index (χ0) is 13.2. The van der Waals surface area contributed by atoms with Gasteiger partial charge in [0, 0.05) is 25.5 Å². The van der Waals surface area contributed by atoms with Gasteiger partial charge >= 0.3 is 5.97 Å². The lowest BCUT2D eigenvalue weighted by Gasteiger charge is -2.20. The number of nitrogens with zero attached hydrogens (tertiary/aromatic N) is 3. The van der Waals surface area contributed by atoms with E-state index in [4.69, 9.17) is 4.74 Å². The van der Waals surface area contributed by atoms with Crippen LogP contribution in [-0.4, -0.2) is 46.7 Å². The van der Waals surface area contributed by atoms with Gasteiger partial charge < -0.3 is 9.30 Å². The maximum Gasteiger partial charge on any atom is 0.320 e. The van der Waals surface area contributed by atoms with Crippen LogP contribution < -0.4 is 0 Å². The number of hydrogen-bond acceptors (Lipinski definition) is 4. The highest BCUT2D eigenvalue weighted by atomic mass is 16.5. The molecule has 0 atom stereocenters. The molecule has 0 unspecified atom stereocenters. The van der Waals surface area contributed by atoms with E-state index in [0.29, 0.717) is 13.2 Å². The topological polar surface area (TPSA) is 47.4 Å². The third-order valence-corrected chi connectivity index (χ3v) is 2.65. The fraction of sp³-hybridized carbons (Fsp3) is 0.692. The van der Waals surface area contributed by atoms with E-state index in [9.17, 15) is 4.79 Å². The van der Waals surface area contributed by atoms with Gasteiger partial charge in [0.1, 0.15) is 0 Å². The molecule has 0 bridgehead atoms. The van der Waals surface area contributed by atoms with Crippen LogP contribution >= 0.6 is 0 Å². The number of carbonyl (C=O) groups excluding carboxylic acids is 1. The first-order valence-corrected chi connectivity index (χ1v) is 6.60. The molecule has 0 fully saturated rings. The number of esters is 1. The van der Waals surface area contributed by atoms with Crippen molar-refractivity contribution in [1.29, 1.82) is 0 Å². The molecular weight excluding hydrogens is 230 g/mol. The van der Waals surface area contributed by atoms with Gasteiger partial charge in [0.2, 0.25) is 0 Å². The van der Waals surface area contributed by atoms with Crippen LogP contribution in [0.4, 0.5) is 0 Å². The van der Waals surface area contributed by atoms with Crippen LogP contribution in [-0.2, 0) is 16.1 Å². The second-order valence-corrected chi connectivity index (χ2v) is 4.24. The van der Waals surface area contributed by atoms with Gasteiger partial charge in [-0.25, -0.2) is 4.98 Å². The highest BCUT2D eigenvalue weighted by molar-refractivity contribution is 5.71. The summed E-state index contributed by atoms with van der Waals surface area (Å²) >= 11 is 0. The average Bonchev–Trinajstić information content (AvgIpc) is 2.82. The highest BCUT2D eigenvalue weighted by Crippen LogP contribution is 1.98. The monoisotopic (exact) mass is 253 g/mol. The highest BCUT2D eigenvalue weighted by Gasteiger charge is 2.10. The van der Waals surface area contributed by atoms with Crippen LogP contribution in [0.25, 0.3) is 0 Å². The number of aryl methyl sites for hydroxylation is 1. The summed E-state index contributed by atoms with van der Waals surface area (Å²) in [5.41, 5.74) is 0. The van der Waals surface area contributed by atoms with E-state index in [2.05, 4.69) is 21.4 Å². The number of hydrogen-bond donors (Lipinski definition) is 0. The molecule has 0 aromatic carbocycles. The van der Waals surface area contributed by atoms with Crippen LogP contribution in [0.1, 0.15) is 26.7 Å². The minimum absolute atomic E-state index is 0.131. The van der Waals surface area contributed by atoms with Crippen molar-refractivity contribution in [3.05, 3.63) is 18.7 Å². The third-order valence-electron chi connectivity index (χ3n) is 2.65. The first-order valence-electron chi connectivity index (χ1n) is 6.60. The summed E-state index contributed by atoms with van der Waals surface area (Å²) in [7, 11) is 0. The lowest BCUT2D eigenvalue weighted by molar-refractivity contribution is -0.144. The predicted octanol–water partition coefficient (Wildman–Crippen LogP) is 1.55. The van der Waals surface area contributed by atoms with Crippen molar-refractivity contribution < 1.29 is 9.53 Å². The maximum atomic E-state index is 11.4. The molecule has 0 saturated heterocycles. The van der Waals surface area contributed by atoms with E-state index < -0.39 is 0 Å². The van der Waals surface area contributed by atoms with Crippen molar-refractivity contribution in [2.24, 2.45) is 0 Å². The molecule has 0 aliphatic rings. The summed E-state index contributed by atoms with van der Waals surface area (Å²) in [4.78, 5) is 17.6. The van der Waals surface area contributed by atoms with Crippen molar-refractivity contribution in [1.82, 2.24) is 14.5 Å². The van der Waals surface area contributed by atoms with Crippen LogP contribution in [0.15, 0.2) is 18.7 Å². The zero-order valence-electron chi connectivity index (χ0n) is 11.3. The molecule has 0 radical (unpaired) electrons. The van der Waals surface area contributed by atoms with Crippen molar-refractivity contribution in [3.8, 4) is 0 Å². The van der Waals surface area contributed by atoms with E-state index >= 15 is 0 Å². The van der Waals surface area contributed by atoms with Gasteiger partial charge in [0.25, 0.3) is 0 Å². The van der Waals surface area contributed by atoms with Crippen LogP contribution in [0, 0.1) is 0 Å². The Hall–Kier alpha value is -1.36. The van der Waals surface area contributed by atoms with E-state index in [-0.39, 0.29) is 5.97 Å². The van der Waals surface area contributed by atoms with E-state index in [1.54, 1.807) is 6.20 Å². The van der Waals surface area contributed by atoms with Crippen molar-refractivity contribution in [2.75, 3.05) is 26.2 Å². The molecule has 1 heterocycles. The first kappa shape index (κ1) is 14.7. The van der Waals surface area contributed by atoms with E-state index in [1.165, 1.54) is 0 Å². The molecule has 1 aromatic heterocycles. The quantitative estimate of drug-likeness (QED) is 0.626. The Morgan fingerprint density at radius 3 is 2.83 bits per heavy atom. The van der Waals surface area contributed by atoms with Gasteiger partial charge in [-0.05, 0) is 26.3 Å². The fourth-order valence-corrected chi connectivity index (χ4v) is 1.87. The van der Waals surface area contributed by atoms with E-state index in [1.807, 2.05) is 19.4 Å². The summed E-state index contributed by atoms with van der Waals surface area (Å²) in [6.07, 6.45) is 7.60. The smallest absolute Gasteiger partial charge is 0.320 e. The second kappa shape index (κ2) is 8.69. The number of rotatable bonds is 9. The summed E-state index contributed by atoms with van der Waals surface area (Å²) in [6.45, 7) is 7.57. The van der Waals surface area contributed by atoms with Crippen LogP contribution in [0.5, 0.6) is 0 Å². The summed E-state index contributed by atoms with van der Waals surface area (Å²) in [5, 5.41) is 0. The molecule has 1 aromatic rings. The Bertz CT molecular complexity index is 325. The molecule has 5 nitrogen and oxygen atoms in total. The number of imidazole rings is 1. The largest absolute Gasteiger partial charge is 0.465 e. The molecule has 5 heteroatoms. The average molecular weight is 253 g/mol. The Morgan fingerprint density at radius 2 is 2.22 bits per heavy atom. The second-order valence-electron chi connectivity index (χ2n) is 4.24. The number of carbonyl (C=O) groups is 1. The Kier molecular flexibility index (Phi) is 7.10. The molecule has 0 amide bonds. The molecule has 0 spiro atoms. The lowest BCUT2D eigenvalue weighted by atomic mass is 10.3. The normalized spacial score (nSPS) is 10.8. The molecule has 0 N–H and O–H groups in total. The standard InChI is InChI=1S/C13H23N3O2/c1-3-7-15(11-13(17)18-4-2)8-5-9-16-10-6-14-12-16/h6,10,12H,3-5,7-9,11H2,1-2H3. The number of aromatic nitrogens is 2. The Labute approximate surface area is 109 Å². The predicted molar refractivity (Wildman–Crippen MR) is 70.2 cm³/mol. The first-order chi connectivity index (χ1) is 8.76. The Morgan fingerprint density at radius 1 is 1.39 bits per heavy atom. The molecule has 0 aliphatic carbocycles. The summed E-state index contributed by atoms with van der Waals surface area (Å²) in [6, 6.07) is 0. The van der Waals surface area contributed by atoms with E-state index in [0.717, 1.165) is 32.5 Å². The molecule has 102 valence electrons. The molecular formula is C13H23N3O2. The lowest BCUT2D eigenvalue weighted by Crippen LogP contribution is -2.33. The Balaban J connectivity index is 2.26. The van der Waals surface area contributed by atoms with Crippen LogP contribution in [0.2, 0.25) is 0 Å². The van der Waals surface area contributed by atoms with Crippen molar-refractivity contribution in [3.63, 3.8) is 0 Å². The minimum atomic E-state index is -0.131. The SMILES string of the molecule is CCCN(CCCn1ccnc1)CC(=O)OCC. The molecule has 0 aliphatic heterocycles. The molecule has 1 rings (SSSR count). The van der Waals surface area contributed by atoms with Crippen LogP contribution in [0.3, 0.4) is 0 Å². The zero-order valence-corrected chi connectivity index (χ0v) is 11.3. The fourth-order valence-electron chi connectivity index (χ4n) is 1.87. The van der Waals surface area contributed by atoms with Gasteiger partial charge in [-0.3, -0.25) is 9.69 Å². The maximum absolute atomic E-state index is 11.4. The minimum Gasteiger partial charge on any atom is -0.465 e. The van der Waals surface area contributed by atoms with Gasteiger partial charge in [0.05, 0.1) is 19.5 Å². The third kappa shape index (κ3) is 5.82. The molecule has 18 heavy (non-hydrogen) atoms. The van der Waals surface area contributed by atoms with Gasteiger partial charge in [0.15, 0.2) is 0 Å². The van der Waals surface area contributed by atoms with Gasteiger partial charge in [-0.2, -0.15) is 0 Å². The summed E-state index contributed by atoms with van der Waals surface area (Å²) < 4.78 is 7.03. The van der Waals surface area contributed by atoms with Crippen molar-refractivity contribution >= 4 is 5.97 Å².